The standard InChI is InChI=1S/C18H25N3O3.ClH/c1-24-15-7-3-6-14(10-15)20-17(22)11-16-18(23)21(9-8-19-16)12-13-4-2-5-13;/h3,6-7,10,13,16,19H,2,4-5,8-9,11-12H2,1H3,(H,20,22);1H. The zero-order valence-corrected chi connectivity index (χ0v) is 15.3. The second kappa shape index (κ2) is 9.06. The molecule has 3 rings (SSSR count). The summed E-state index contributed by atoms with van der Waals surface area (Å²) < 4.78 is 5.15. The van der Waals surface area contributed by atoms with E-state index in [2.05, 4.69) is 10.6 Å². The van der Waals surface area contributed by atoms with E-state index in [1.54, 1.807) is 19.2 Å². The van der Waals surface area contributed by atoms with Gasteiger partial charge in [0.1, 0.15) is 5.75 Å². The van der Waals surface area contributed by atoms with Gasteiger partial charge in [-0.2, -0.15) is 0 Å². The minimum Gasteiger partial charge on any atom is -0.497 e. The van der Waals surface area contributed by atoms with Crippen molar-refractivity contribution in [1.29, 1.82) is 0 Å². The molecule has 1 atom stereocenters. The summed E-state index contributed by atoms with van der Waals surface area (Å²) in [6.07, 6.45) is 3.87. The van der Waals surface area contributed by atoms with Crippen LogP contribution in [-0.4, -0.2) is 49.5 Å². The van der Waals surface area contributed by atoms with Crippen LogP contribution in [0.3, 0.4) is 0 Å². The summed E-state index contributed by atoms with van der Waals surface area (Å²) in [7, 11) is 1.59. The van der Waals surface area contributed by atoms with E-state index in [1.807, 2.05) is 17.0 Å². The van der Waals surface area contributed by atoms with Gasteiger partial charge in [-0.15, -0.1) is 12.4 Å². The molecule has 25 heavy (non-hydrogen) atoms. The molecule has 6 nitrogen and oxygen atoms in total. The average Bonchev–Trinajstić information content (AvgIpc) is 2.54. The van der Waals surface area contributed by atoms with Gasteiger partial charge in [-0.1, -0.05) is 12.5 Å². The monoisotopic (exact) mass is 367 g/mol. The van der Waals surface area contributed by atoms with Gasteiger partial charge in [-0.25, -0.2) is 0 Å². The van der Waals surface area contributed by atoms with Crippen LogP contribution in [0.4, 0.5) is 5.69 Å². The highest BCUT2D eigenvalue weighted by Crippen LogP contribution is 2.27. The number of benzene rings is 1. The SMILES string of the molecule is COc1cccc(NC(=O)CC2NCCN(CC3CCC3)C2=O)c1.Cl. The van der Waals surface area contributed by atoms with E-state index < -0.39 is 6.04 Å². The van der Waals surface area contributed by atoms with Crippen LogP contribution >= 0.6 is 12.4 Å². The maximum atomic E-state index is 12.6. The first-order valence-electron chi connectivity index (χ1n) is 8.62. The normalized spacial score (nSPS) is 20.4. The van der Waals surface area contributed by atoms with Gasteiger partial charge < -0.3 is 20.3 Å². The van der Waals surface area contributed by atoms with Crippen LogP contribution in [0.25, 0.3) is 0 Å². The van der Waals surface area contributed by atoms with Crippen molar-refractivity contribution in [3.8, 4) is 5.75 Å². The molecular formula is C18H26ClN3O3. The zero-order chi connectivity index (χ0) is 16.9. The Morgan fingerprint density at radius 3 is 2.88 bits per heavy atom. The highest BCUT2D eigenvalue weighted by atomic mass is 35.5. The summed E-state index contributed by atoms with van der Waals surface area (Å²) in [6, 6.07) is 6.78. The molecule has 0 aromatic heterocycles. The summed E-state index contributed by atoms with van der Waals surface area (Å²) in [5.41, 5.74) is 0.675. The number of hydrogen-bond acceptors (Lipinski definition) is 4. The number of methoxy groups -OCH3 is 1. The summed E-state index contributed by atoms with van der Waals surface area (Å²) >= 11 is 0. The van der Waals surface area contributed by atoms with Gasteiger partial charge >= 0.3 is 0 Å². The maximum Gasteiger partial charge on any atom is 0.240 e. The first kappa shape index (κ1) is 19.5. The molecule has 0 spiro atoms. The van der Waals surface area contributed by atoms with Crippen molar-refractivity contribution < 1.29 is 14.3 Å². The summed E-state index contributed by atoms with van der Waals surface area (Å²) in [4.78, 5) is 26.7. The molecule has 2 N–H and O–H groups in total. The molecule has 138 valence electrons. The van der Waals surface area contributed by atoms with Gasteiger partial charge in [0, 0.05) is 31.4 Å². The minimum atomic E-state index is -0.426. The van der Waals surface area contributed by atoms with E-state index in [-0.39, 0.29) is 30.6 Å². The molecule has 2 aliphatic rings. The number of nitrogens with one attached hydrogen (secondary N) is 2. The number of piperazine rings is 1. The summed E-state index contributed by atoms with van der Waals surface area (Å²) in [5.74, 6) is 1.22. The van der Waals surface area contributed by atoms with Gasteiger partial charge in [0.15, 0.2) is 0 Å². The van der Waals surface area contributed by atoms with Gasteiger partial charge in [0.25, 0.3) is 0 Å². The quantitative estimate of drug-likeness (QED) is 0.807. The van der Waals surface area contributed by atoms with Crippen molar-refractivity contribution in [2.75, 3.05) is 32.1 Å². The van der Waals surface area contributed by atoms with Crippen molar-refractivity contribution in [1.82, 2.24) is 10.2 Å². The molecule has 0 bridgehead atoms. The molecular weight excluding hydrogens is 342 g/mol. The van der Waals surface area contributed by atoms with E-state index in [0.717, 1.165) is 19.6 Å². The molecule has 1 saturated carbocycles. The van der Waals surface area contributed by atoms with E-state index in [1.165, 1.54) is 19.3 Å². The minimum absolute atomic E-state index is 0. The van der Waals surface area contributed by atoms with Crippen LogP contribution in [0.15, 0.2) is 24.3 Å². The van der Waals surface area contributed by atoms with Gasteiger partial charge in [0.2, 0.25) is 11.8 Å². The molecule has 1 aromatic carbocycles. The predicted molar refractivity (Wildman–Crippen MR) is 99.2 cm³/mol. The van der Waals surface area contributed by atoms with Crippen LogP contribution in [0.2, 0.25) is 0 Å². The lowest BCUT2D eigenvalue weighted by Crippen LogP contribution is -2.57. The summed E-state index contributed by atoms with van der Waals surface area (Å²) in [6.45, 7) is 2.33. The van der Waals surface area contributed by atoms with E-state index in [4.69, 9.17) is 4.74 Å². The van der Waals surface area contributed by atoms with Gasteiger partial charge in [0.05, 0.1) is 19.6 Å². The summed E-state index contributed by atoms with van der Waals surface area (Å²) in [5, 5.41) is 6.00. The third-order valence-corrected chi connectivity index (χ3v) is 4.83. The van der Waals surface area contributed by atoms with Crippen molar-refractivity contribution in [3.05, 3.63) is 24.3 Å². The van der Waals surface area contributed by atoms with Crippen molar-refractivity contribution in [2.45, 2.75) is 31.7 Å². The number of hydrogen-bond donors (Lipinski definition) is 2. The second-order valence-electron chi connectivity index (χ2n) is 6.57. The van der Waals surface area contributed by atoms with Crippen LogP contribution in [0.5, 0.6) is 5.75 Å². The van der Waals surface area contributed by atoms with E-state index >= 15 is 0 Å². The number of nitrogens with zero attached hydrogens (tertiary/aromatic N) is 1. The van der Waals surface area contributed by atoms with E-state index in [0.29, 0.717) is 17.4 Å². The van der Waals surface area contributed by atoms with Crippen LogP contribution < -0.4 is 15.4 Å². The number of carbonyl (C=O) groups excluding carboxylic acids is 2. The second-order valence-corrected chi connectivity index (χ2v) is 6.57. The van der Waals surface area contributed by atoms with Crippen molar-refractivity contribution >= 4 is 29.9 Å². The van der Waals surface area contributed by atoms with E-state index in [9.17, 15) is 9.59 Å². The lowest BCUT2D eigenvalue weighted by molar-refractivity contribution is -0.138. The Kier molecular flexibility index (Phi) is 7.08. The number of amides is 2. The largest absolute Gasteiger partial charge is 0.497 e. The Hall–Kier alpha value is -1.79. The van der Waals surface area contributed by atoms with Gasteiger partial charge in [-0.05, 0) is 30.9 Å². The zero-order valence-electron chi connectivity index (χ0n) is 14.5. The number of anilines is 1. The molecule has 0 radical (unpaired) electrons. The maximum absolute atomic E-state index is 12.6. The van der Waals surface area contributed by atoms with Crippen molar-refractivity contribution in [3.63, 3.8) is 0 Å². The smallest absolute Gasteiger partial charge is 0.240 e. The molecule has 1 aliphatic heterocycles. The molecule has 2 fully saturated rings. The third-order valence-electron chi connectivity index (χ3n) is 4.83. The Bertz CT molecular complexity index is 607. The Balaban J connectivity index is 0.00000225. The Morgan fingerprint density at radius 1 is 1.40 bits per heavy atom. The lowest BCUT2D eigenvalue weighted by atomic mass is 9.85. The number of rotatable bonds is 6. The first-order valence-corrected chi connectivity index (χ1v) is 8.62. The molecule has 1 unspecified atom stereocenters. The molecule has 1 aliphatic carbocycles. The predicted octanol–water partition coefficient (Wildman–Crippen LogP) is 2.05. The van der Waals surface area contributed by atoms with Crippen molar-refractivity contribution in [2.24, 2.45) is 5.92 Å². The Morgan fingerprint density at radius 2 is 2.20 bits per heavy atom. The fourth-order valence-electron chi connectivity index (χ4n) is 3.22. The van der Waals surface area contributed by atoms with Crippen LogP contribution in [0.1, 0.15) is 25.7 Å². The number of halogens is 1. The highest BCUT2D eigenvalue weighted by Gasteiger charge is 2.32. The fourth-order valence-corrected chi connectivity index (χ4v) is 3.22. The van der Waals surface area contributed by atoms with Crippen LogP contribution in [0, 0.1) is 5.92 Å². The molecule has 1 heterocycles. The number of ether oxygens (including phenoxy) is 1. The average molecular weight is 368 g/mol. The number of carbonyl (C=O) groups is 2. The molecule has 2 amide bonds. The third kappa shape index (κ3) is 5.09. The highest BCUT2D eigenvalue weighted by molar-refractivity contribution is 5.95. The van der Waals surface area contributed by atoms with Crippen LogP contribution in [-0.2, 0) is 9.59 Å². The lowest BCUT2D eigenvalue weighted by Gasteiger charge is -2.37. The first-order chi connectivity index (χ1) is 11.7. The fraction of sp³-hybridized carbons (Fsp3) is 0.556. The molecule has 7 heteroatoms. The Labute approximate surface area is 154 Å². The van der Waals surface area contributed by atoms with Gasteiger partial charge in [-0.3, -0.25) is 9.59 Å². The molecule has 1 saturated heterocycles. The molecule has 1 aromatic rings. The topological polar surface area (TPSA) is 70.7 Å².